The minimum Gasteiger partial charge on any atom is -0.376 e. The van der Waals surface area contributed by atoms with E-state index in [2.05, 4.69) is 5.32 Å². The predicted octanol–water partition coefficient (Wildman–Crippen LogP) is 1.97. The van der Waals surface area contributed by atoms with Crippen LogP contribution < -0.4 is 11.1 Å². The van der Waals surface area contributed by atoms with Gasteiger partial charge in [0, 0.05) is 19.0 Å². The number of nitrogens with two attached hydrogens (primary N) is 1. The van der Waals surface area contributed by atoms with E-state index < -0.39 is 0 Å². The lowest BCUT2D eigenvalue weighted by Crippen LogP contribution is -2.33. The molecule has 110 valence electrons. The van der Waals surface area contributed by atoms with E-state index in [1.807, 2.05) is 0 Å². The van der Waals surface area contributed by atoms with Gasteiger partial charge in [-0.15, -0.1) is 0 Å². The number of nitrogens with one attached hydrogen (secondary N) is 1. The number of rotatable bonds is 6. The molecule has 0 saturated heterocycles. The Hall–Kier alpha value is -0.610. The molecule has 0 unspecified atom stereocenters. The van der Waals surface area contributed by atoms with Gasteiger partial charge in [0.1, 0.15) is 0 Å². The van der Waals surface area contributed by atoms with Crippen molar-refractivity contribution in [1.82, 2.24) is 5.32 Å². The second kappa shape index (κ2) is 7.85. The molecule has 2 aliphatic rings. The lowest BCUT2D eigenvalue weighted by Gasteiger charge is -2.26. The van der Waals surface area contributed by atoms with Crippen LogP contribution in [0.2, 0.25) is 0 Å². The van der Waals surface area contributed by atoms with Crippen molar-refractivity contribution in [1.29, 1.82) is 0 Å². The predicted molar refractivity (Wildman–Crippen MR) is 75.8 cm³/mol. The largest absolute Gasteiger partial charge is 0.376 e. The summed E-state index contributed by atoms with van der Waals surface area (Å²) in [6, 6.07) is 0.367. The molecule has 0 aromatic rings. The molecule has 1 amide bonds. The molecule has 0 heterocycles. The first kappa shape index (κ1) is 14.8. The Kier molecular flexibility index (Phi) is 6.11. The average molecular weight is 268 g/mol. The van der Waals surface area contributed by atoms with Crippen LogP contribution in [0.5, 0.6) is 0 Å². The number of ether oxygens (including phenoxy) is 1. The van der Waals surface area contributed by atoms with Crippen molar-refractivity contribution < 1.29 is 9.53 Å². The standard InChI is InChI=1S/C15H28N2O2/c16-13-5-7-14(8-6-13)19-10-9-17-15(18)11-12-3-1-2-4-12/h12-14H,1-11,16H2,(H,17,18). The molecule has 0 atom stereocenters. The van der Waals surface area contributed by atoms with Crippen LogP contribution in [0.4, 0.5) is 0 Å². The van der Waals surface area contributed by atoms with Gasteiger partial charge in [0.15, 0.2) is 0 Å². The Bertz CT molecular complexity index is 269. The Labute approximate surface area is 116 Å². The van der Waals surface area contributed by atoms with Crippen LogP contribution in [0.3, 0.4) is 0 Å². The van der Waals surface area contributed by atoms with Gasteiger partial charge in [-0.05, 0) is 44.4 Å². The van der Waals surface area contributed by atoms with E-state index in [0.29, 0.717) is 37.6 Å². The van der Waals surface area contributed by atoms with Gasteiger partial charge < -0.3 is 15.8 Å². The van der Waals surface area contributed by atoms with Crippen LogP contribution in [-0.4, -0.2) is 31.2 Å². The molecular formula is C15H28N2O2. The van der Waals surface area contributed by atoms with Crippen LogP contribution in [0.1, 0.15) is 57.8 Å². The number of amides is 1. The zero-order valence-electron chi connectivity index (χ0n) is 11.9. The van der Waals surface area contributed by atoms with Gasteiger partial charge in [0.25, 0.3) is 0 Å². The summed E-state index contributed by atoms with van der Waals surface area (Å²) in [4.78, 5) is 11.7. The van der Waals surface area contributed by atoms with Crippen LogP contribution >= 0.6 is 0 Å². The maximum absolute atomic E-state index is 11.7. The number of hydrogen-bond acceptors (Lipinski definition) is 3. The molecule has 2 fully saturated rings. The maximum Gasteiger partial charge on any atom is 0.220 e. The third kappa shape index (κ3) is 5.49. The highest BCUT2D eigenvalue weighted by Gasteiger charge is 2.19. The summed E-state index contributed by atoms with van der Waals surface area (Å²) in [6.07, 6.45) is 10.4. The van der Waals surface area contributed by atoms with Crippen molar-refractivity contribution in [2.24, 2.45) is 11.7 Å². The quantitative estimate of drug-likeness (QED) is 0.724. The number of carbonyl (C=O) groups excluding carboxylic acids is 1. The second-order valence-corrected chi connectivity index (χ2v) is 6.11. The molecule has 0 bridgehead atoms. The van der Waals surface area contributed by atoms with Gasteiger partial charge in [-0.3, -0.25) is 4.79 Å². The fourth-order valence-corrected chi connectivity index (χ4v) is 3.22. The van der Waals surface area contributed by atoms with E-state index in [9.17, 15) is 4.79 Å². The first-order valence-corrected chi connectivity index (χ1v) is 7.88. The second-order valence-electron chi connectivity index (χ2n) is 6.11. The third-order valence-corrected chi connectivity index (χ3v) is 4.45. The summed E-state index contributed by atoms with van der Waals surface area (Å²) in [6.45, 7) is 1.28. The first-order valence-electron chi connectivity index (χ1n) is 7.88. The lowest BCUT2D eigenvalue weighted by molar-refractivity contribution is -0.122. The van der Waals surface area contributed by atoms with E-state index in [1.54, 1.807) is 0 Å². The number of hydrogen-bond donors (Lipinski definition) is 2. The van der Waals surface area contributed by atoms with E-state index in [0.717, 1.165) is 25.7 Å². The molecule has 0 aromatic carbocycles. The highest BCUT2D eigenvalue weighted by Crippen LogP contribution is 2.27. The van der Waals surface area contributed by atoms with Crippen LogP contribution in [0.15, 0.2) is 0 Å². The van der Waals surface area contributed by atoms with E-state index in [-0.39, 0.29) is 5.91 Å². The molecule has 2 rings (SSSR count). The van der Waals surface area contributed by atoms with Gasteiger partial charge in [0.2, 0.25) is 5.91 Å². The minimum absolute atomic E-state index is 0.196. The van der Waals surface area contributed by atoms with E-state index in [1.165, 1.54) is 25.7 Å². The highest BCUT2D eigenvalue weighted by atomic mass is 16.5. The van der Waals surface area contributed by atoms with Gasteiger partial charge in [-0.2, -0.15) is 0 Å². The molecular weight excluding hydrogens is 240 g/mol. The summed E-state index contributed by atoms with van der Waals surface area (Å²) in [5, 5.41) is 2.97. The summed E-state index contributed by atoms with van der Waals surface area (Å²) in [7, 11) is 0. The van der Waals surface area contributed by atoms with E-state index in [4.69, 9.17) is 10.5 Å². The van der Waals surface area contributed by atoms with Crippen molar-refractivity contribution in [2.45, 2.75) is 69.9 Å². The van der Waals surface area contributed by atoms with Crippen molar-refractivity contribution in [3.63, 3.8) is 0 Å². The van der Waals surface area contributed by atoms with Crippen molar-refractivity contribution in [2.75, 3.05) is 13.2 Å². The van der Waals surface area contributed by atoms with Crippen LogP contribution in [-0.2, 0) is 9.53 Å². The molecule has 2 saturated carbocycles. The summed E-state index contributed by atoms with van der Waals surface area (Å²) in [5.41, 5.74) is 5.86. The lowest BCUT2D eigenvalue weighted by atomic mass is 9.94. The Morgan fingerprint density at radius 2 is 1.79 bits per heavy atom. The SMILES string of the molecule is NC1CCC(OCCNC(=O)CC2CCCC2)CC1. The molecule has 0 aliphatic heterocycles. The molecule has 2 aliphatic carbocycles. The van der Waals surface area contributed by atoms with Crippen LogP contribution in [0.25, 0.3) is 0 Å². The normalized spacial score (nSPS) is 28.5. The van der Waals surface area contributed by atoms with Gasteiger partial charge >= 0.3 is 0 Å². The molecule has 4 nitrogen and oxygen atoms in total. The fraction of sp³-hybridized carbons (Fsp3) is 0.933. The van der Waals surface area contributed by atoms with Gasteiger partial charge in [-0.25, -0.2) is 0 Å². The van der Waals surface area contributed by atoms with Crippen molar-refractivity contribution in [3.8, 4) is 0 Å². The maximum atomic E-state index is 11.7. The molecule has 19 heavy (non-hydrogen) atoms. The van der Waals surface area contributed by atoms with Crippen LogP contribution in [0, 0.1) is 5.92 Å². The zero-order chi connectivity index (χ0) is 13.5. The minimum atomic E-state index is 0.196. The summed E-state index contributed by atoms with van der Waals surface area (Å²) < 4.78 is 5.78. The average Bonchev–Trinajstić information content (AvgIpc) is 2.89. The Balaban J connectivity index is 1.48. The summed E-state index contributed by atoms with van der Waals surface area (Å²) >= 11 is 0. The zero-order valence-corrected chi connectivity index (χ0v) is 11.9. The third-order valence-electron chi connectivity index (χ3n) is 4.45. The topological polar surface area (TPSA) is 64.3 Å². The monoisotopic (exact) mass is 268 g/mol. The highest BCUT2D eigenvalue weighted by molar-refractivity contribution is 5.76. The molecule has 0 aromatic heterocycles. The molecule has 0 spiro atoms. The molecule has 3 N–H and O–H groups in total. The molecule has 4 heteroatoms. The number of carbonyl (C=O) groups is 1. The van der Waals surface area contributed by atoms with E-state index >= 15 is 0 Å². The Morgan fingerprint density at radius 1 is 1.11 bits per heavy atom. The summed E-state index contributed by atoms with van der Waals surface area (Å²) in [5.74, 6) is 0.821. The van der Waals surface area contributed by atoms with Gasteiger partial charge in [-0.1, -0.05) is 12.8 Å². The Morgan fingerprint density at radius 3 is 2.47 bits per heavy atom. The molecule has 0 radical (unpaired) electrons. The smallest absolute Gasteiger partial charge is 0.220 e. The van der Waals surface area contributed by atoms with Gasteiger partial charge in [0.05, 0.1) is 12.7 Å². The van der Waals surface area contributed by atoms with Crippen molar-refractivity contribution in [3.05, 3.63) is 0 Å². The fourth-order valence-electron chi connectivity index (χ4n) is 3.22. The first-order chi connectivity index (χ1) is 9.24. The van der Waals surface area contributed by atoms with Crippen molar-refractivity contribution >= 4 is 5.91 Å².